The number of fused-ring (bicyclic) bond motifs is 1. The maximum atomic E-state index is 12.1. The minimum Gasteiger partial charge on any atom is -0.461 e. The summed E-state index contributed by atoms with van der Waals surface area (Å²) in [6, 6.07) is 12.1. The van der Waals surface area contributed by atoms with Crippen molar-refractivity contribution in [3.63, 3.8) is 0 Å². The first-order valence-electron chi connectivity index (χ1n) is 5.75. The second-order valence-corrected chi connectivity index (χ2v) is 4.12. The molecule has 0 atom stereocenters. The molecule has 92 valence electrons. The number of hydrogen-bond acceptors (Lipinski definition) is 4. The molecule has 0 radical (unpaired) electrons. The molecular formula is C15H9NO3. The van der Waals surface area contributed by atoms with E-state index in [0.717, 1.165) is 5.56 Å². The molecule has 0 N–H and O–H groups in total. The smallest absolute Gasteiger partial charge is 0.193 e. The van der Waals surface area contributed by atoms with E-state index < -0.39 is 0 Å². The zero-order chi connectivity index (χ0) is 13.2. The molecule has 0 saturated heterocycles. The van der Waals surface area contributed by atoms with Gasteiger partial charge in [-0.2, -0.15) is 5.26 Å². The van der Waals surface area contributed by atoms with Gasteiger partial charge in [-0.3, -0.25) is 4.79 Å². The SMILES string of the molecule is N#CCc1ccc2oc(-c3ccco3)cc(=O)c2c1. The largest absolute Gasteiger partial charge is 0.461 e. The maximum Gasteiger partial charge on any atom is 0.193 e. The van der Waals surface area contributed by atoms with Crippen LogP contribution in [0.3, 0.4) is 0 Å². The normalized spacial score (nSPS) is 10.5. The Balaban J connectivity index is 2.21. The molecule has 19 heavy (non-hydrogen) atoms. The zero-order valence-electron chi connectivity index (χ0n) is 9.92. The van der Waals surface area contributed by atoms with E-state index in [0.29, 0.717) is 22.5 Å². The van der Waals surface area contributed by atoms with Crippen molar-refractivity contribution in [1.29, 1.82) is 5.26 Å². The van der Waals surface area contributed by atoms with Crippen LogP contribution in [0.5, 0.6) is 0 Å². The second kappa shape index (κ2) is 4.46. The quantitative estimate of drug-likeness (QED) is 0.701. The molecule has 0 spiro atoms. The van der Waals surface area contributed by atoms with Crippen LogP contribution in [0.25, 0.3) is 22.5 Å². The minimum absolute atomic E-state index is 0.146. The summed E-state index contributed by atoms with van der Waals surface area (Å²) < 4.78 is 10.9. The molecule has 2 heterocycles. The third-order valence-corrected chi connectivity index (χ3v) is 2.84. The lowest BCUT2D eigenvalue weighted by molar-refractivity contribution is 0.537. The summed E-state index contributed by atoms with van der Waals surface area (Å²) in [5.41, 5.74) is 1.14. The van der Waals surface area contributed by atoms with Gasteiger partial charge in [0.25, 0.3) is 0 Å². The van der Waals surface area contributed by atoms with Gasteiger partial charge in [-0.15, -0.1) is 0 Å². The fourth-order valence-corrected chi connectivity index (χ4v) is 1.94. The number of benzene rings is 1. The van der Waals surface area contributed by atoms with Crippen molar-refractivity contribution in [2.24, 2.45) is 0 Å². The molecule has 0 aliphatic carbocycles. The van der Waals surface area contributed by atoms with Crippen molar-refractivity contribution in [3.05, 3.63) is 58.4 Å². The lowest BCUT2D eigenvalue weighted by Crippen LogP contribution is -2.00. The van der Waals surface area contributed by atoms with Crippen LogP contribution in [0.4, 0.5) is 0 Å². The van der Waals surface area contributed by atoms with Gasteiger partial charge in [0, 0.05) is 6.07 Å². The Labute approximate surface area is 108 Å². The first-order chi connectivity index (χ1) is 9.28. The Morgan fingerprint density at radius 1 is 1.16 bits per heavy atom. The highest BCUT2D eigenvalue weighted by Gasteiger charge is 2.09. The van der Waals surface area contributed by atoms with Gasteiger partial charge in [-0.25, -0.2) is 0 Å². The first-order valence-corrected chi connectivity index (χ1v) is 5.75. The summed E-state index contributed by atoms with van der Waals surface area (Å²) in [5, 5.41) is 9.14. The van der Waals surface area contributed by atoms with Crippen molar-refractivity contribution >= 4 is 11.0 Å². The van der Waals surface area contributed by atoms with E-state index in [2.05, 4.69) is 6.07 Å². The molecule has 0 fully saturated rings. The van der Waals surface area contributed by atoms with Crippen molar-refractivity contribution < 1.29 is 8.83 Å². The van der Waals surface area contributed by atoms with E-state index >= 15 is 0 Å². The van der Waals surface area contributed by atoms with Crippen LogP contribution in [0.2, 0.25) is 0 Å². The summed E-state index contributed by atoms with van der Waals surface area (Å²) in [5.74, 6) is 0.913. The number of furan rings is 1. The number of nitrogens with zero attached hydrogens (tertiary/aromatic N) is 1. The fourth-order valence-electron chi connectivity index (χ4n) is 1.94. The van der Waals surface area contributed by atoms with E-state index in [1.807, 2.05) is 0 Å². The van der Waals surface area contributed by atoms with Crippen LogP contribution in [-0.4, -0.2) is 0 Å². The Kier molecular flexibility index (Phi) is 2.66. The molecule has 0 saturated carbocycles. The van der Waals surface area contributed by atoms with Crippen molar-refractivity contribution in [3.8, 4) is 17.6 Å². The predicted octanol–water partition coefficient (Wildman–Crippen LogP) is 3.12. The molecule has 3 rings (SSSR count). The second-order valence-electron chi connectivity index (χ2n) is 4.12. The van der Waals surface area contributed by atoms with Crippen LogP contribution in [-0.2, 0) is 6.42 Å². The molecule has 0 aliphatic heterocycles. The lowest BCUT2D eigenvalue weighted by Gasteiger charge is -2.01. The third-order valence-electron chi connectivity index (χ3n) is 2.84. The van der Waals surface area contributed by atoms with Crippen molar-refractivity contribution in [2.45, 2.75) is 6.42 Å². The summed E-state index contributed by atoms with van der Waals surface area (Å²) in [4.78, 5) is 12.1. The van der Waals surface area contributed by atoms with Gasteiger partial charge in [0.15, 0.2) is 16.9 Å². The average molecular weight is 251 g/mol. The third kappa shape index (κ3) is 2.02. The van der Waals surface area contributed by atoms with Gasteiger partial charge >= 0.3 is 0 Å². The van der Waals surface area contributed by atoms with E-state index in [-0.39, 0.29) is 11.8 Å². The molecule has 4 heteroatoms. The molecule has 2 aromatic heterocycles. The molecule has 0 aliphatic rings. The number of hydrogen-bond donors (Lipinski definition) is 0. The Morgan fingerprint density at radius 2 is 2.05 bits per heavy atom. The van der Waals surface area contributed by atoms with Crippen LogP contribution in [0, 0.1) is 11.3 Å². The Morgan fingerprint density at radius 3 is 2.79 bits per heavy atom. The van der Waals surface area contributed by atoms with Gasteiger partial charge in [0.2, 0.25) is 0 Å². The highest BCUT2D eigenvalue weighted by atomic mass is 16.4. The lowest BCUT2D eigenvalue weighted by atomic mass is 10.1. The monoisotopic (exact) mass is 251 g/mol. The fraction of sp³-hybridized carbons (Fsp3) is 0.0667. The highest BCUT2D eigenvalue weighted by molar-refractivity contribution is 5.79. The van der Waals surface area contributed by atoms with Crippen LogP contribution in [0.1, 0.15) is 5.56 Å². The molecule has 4 nitrogen and oxygen atoms in total. The minimum atomic E-state index is -0.146. The molecule has 0 unspecified atom stereocenters. The number of rotatable bonds is 2. The summed E-state index contributed by atoms with van der Waals surface area (Å²) in [7, 11) is 0. The molecule has 0 bridgehead atoms. The molecule has 3 aromatic rings. The number of nitriles is 1. The van der Waals surface area contributed by atoms with Crippen LogP contribution >= 0.6 is 0 Å². The Hall–Kier alpha value is -2.80. The molecule has 0 amide bonds. The average Bonchev–Trinajstić information content (AvgIpc) is 2.93. The van der Waals surface area contributed by atoms with Gasteiger partial charge in [-0.05, 0) is 29.8 Å². The van der Waals surface area contributed by atoms with Gasteiger partial charge < -0.3 is 8.83 Å². The van der Waals surface area contributed by atoms with Crippen molar-refractivity contribution in [1.82, 2.24) is 0 Å². The van der Waals surface area contributed by atoms with E-state index in [4.69, 9.17) is 14.1 Å². The summed E-state index contributed by atoms with van der Waals surface area (Å²) >= 11 is 0. The van der Waals surface area contributed by atoms with Crippen LogP contribution < -0.4 is 5.43 Å². The molecule has 1 aromatic carbocycles. The van der Waals surface area contributed by atoms with Crippen molar-refractivity contribution in [2.75, 3.05) is 0 Å². The maximum absolute atomic E-state index is 12.1. The first kappa shape index (κ1) is 11.3. The van der Waals surface area contributed by atoms with Gasteiger partial charge in [0.1, 0.15) is 5.58 Å². The topological polar surface area (TPSA) is 67.1 Å². The Bertz CT molecular complexity index is 823. The molecular weight excluding hydrogens is 242 g/mol. The van der Waals surface area contributed by atoms with Gasteiger partial charge in [0.05, 0.1) is 24.1 Å². The summed E-state index contributed by atoms with van der Waals surface area (Å²) in [6.45, 7) is 0. The highest BCUT2D eigenvalue weighted by Crippen LogP contribution is 2.23. The standard InChI is InChI=1S/C15H9NO3/c16-6-5-10-3-4-13-11(8-10)12(17)9-15(19-13)14-2-1-7-18-14/h1-4,7-9H,5H2. The van der Waals surface area contributed by atoms with E-state index in [1.54, 1.807) is 30.3 Å². The zero-order valence-corrected chi connectivity index (χ0v) is 9.92. The summed E-state index contributed by atoms with van der Waals surface area (Å²) in [6.07, 6.45) is 1.80. The predicted molar refractivity (Wildman–Crippen MR) is 69.5 cm³/mol. The van der Waals surface area contributed by atoms with Crippen LogP contribution in [0.15, 0.2) is 56.3 Å². The van der Waals surface area contributed by atoms with E-state index in [1.165, 1.54) is 12.3 Å². The van der Waals surface area contributed by atoms with E-state index in [9.17, 15) is 4.79 Å². The van der Waals surface area contributed by atoms with Gasteiger partial charge in [-0.1, -0.05) is 6.07 Å².